The van der Waals surface area contributed by atoms with Crippen LogP contribution < -0.4 is 0 Å². The number of para-hydroxylation sites is 4. The van der Waals surface area contributed by atoms with Crippen molar-refractivity contribution < 1.29 is 4.42 Å². The van der Waals surface area contributed by atoms with Crippen molar-refractivity contribution in [2.45, 2.75) is 0 Å². The van der Waals surface area contributed by atoms with Crippen LogP contribution in [0, 0.1) is 0 Å². The lowest BCUT2D eigenvalue weighted by Crippen LogP contribution is -2.03. The van der Waals surface area contributed by atoms with E-state index in [-0.39, 0.29) is 0 Å². The molecule has 0 aliphatic carbocycles. The fourth-order valence-electron chi connectivity index (χ4n) is 8.71. The Labute approximate surface area is 315 Å². The minimum atomic E-state index is 0.632. The van der Waals surface area contributed by atoms with Crippen molar-refractivity contribution in [2.75, 3.05) is 0 Å². The van der Waals surface area contributed by atoms with Gasteiger partial charge >= 0.3 is 0 Å². The zero-order valence-corrected chi connectivity index (χ0v) is 29.5. The van der Waals surface area contributed by atoms with Gasteiger partial charge < -0.3 is 8.98 Å². The lowest BCUT2D eigenvalue weighted by molar-refractivity contribution is 0.669. The van der Waals surface area contributed by atoms with Crippen molar-refractivity contribution >= 4 is 76.5 Å². The van der Waals surface area contributed by atoms with E-state index in [0.717, 1.165) is 77.2 Å². The van der Waals surface area contributed by atoms with Gasteiger partial charge in [0.25, 0.3) is 0 Å². The molecule has 0 unspecified atom stereocenters. The quantitative estimate of drug-likeness (QED) is 0.183. The second kappa shape index (κ2) is 11.5. The molecule has 0 atom stereocenters. The minimum absolute atomic E-state index is 0.632. The third kappa shape index (κ3) is 4.41. The minimum Gasteiger partial charge on any atom is -0.456 e. The molecule has 0 bridgehead atoms. The van der Waals surface area contributed by atoms with Crippen molar-refractivity contribution in [3.8, 4) is 34.0 Å². The number of benzene rings is 8. The van der Waals surface area contributed by atoms with Crippen LogP contribution in [0.2, 0.25) is 0 Å². The summed E-state index contributed by atoms with van der Waals surface area (Å²) < 4.78 is 10.9. The molecule has 0 N–H and O–H groups in total. The van der Waals surface area contributed by atoms with Gasteiger partial charge in [-0.2, -0.15) is 0 Å². The molecule has 55 heavy (non-hydrogen) atoms. The smallest absolute Gasteiger partial charge is 0.235 e. The number of furan rings is 1. The van der Waals surface area contributed by atoms with Gasteiger partial charge in [-0.25, -0.2) is 9.97 Å². The van der Waals surface area contributed by atoms with E-state index >= 15 is 0 Å². The predicted molar refractivity (Wildman–Crippen MR) is 226 cm³/mol. The summed E-state index contributed by atoms with van der Waals surface area (Å²) in [5.74, 6) is 0.632. The van der Waals surface area contributed by atoms with E-state index in [1.165, 1.54) is 27.4 Å². The van der Waals surface area contributed by atoms with Gasteiger partial charge in [0.1, 0.15) is 11.2 Å². The molecule has 5 nitrogen and oxygen atoms in total. The van der Waals surface area contributed by atoms with E-state index in [1.807, 2.05) is 24.3 Å². The summed E-state index contributed by atoms with van der Waals surface area (Å²) >= 11 is 0. The van der Waals surface area contributed by atoms with Gasteiger partial charge in [0.15, 0.2) is 0 Å². The SMILES string of the molecule is c1ccc(-c2nc(-n3c4ccccc4c4cc(-c5ccc6c(c5)c5ccccc5n6-c5ccccc5)ccc43)nc3ccc4oc5ccccc5c4c23)cc1. The Morgan fingerprint density at radius 3 is 1.64 bits per heavy atom. The molecule has 4 aromatic heterocycles. The fourth-order valence-corrected chi connectivity index (χ4v) is 8.71. The number of hydrogen-bond acceptors (Lipinski definition) is 3. The third-order valence-electron chi connectivity index (χ3n) is 11.1. The van der Waals surface area contributed by atoms with E-state index in [9.17, 15) is 0 Å². The van der Waals surface area contributed by atoms with Crippen LogP contribution >= 0.6 is 0 Å². The van der Waals surface area contributed by atoms with Crippen LogP contribution in [0.3, 0.4) is 0 Å². The topological polar surface area (TPSA) is 48.8 Å². The summed E-state index contributed by atoms with van der Waals surface area (Å²) in [4.78, 5) is 10.7. The average Bonchev–Trinajstić information content (AvgIpc) is 3.91. The summed E-state index contributed by atoms with van der Waals surface area (Å²) in [6, 6.07) is 64.2. The maximum atomic E-state index is 6.32. The molecule has 5 heteroatoms. The Kier molecular flexibility index (Phi) is 6.27. The molecule has 0 saturated carbocycles. The van der Waals surface area contributed by atoms with Crippen molar-refractivity contribution in [1.29, 1.82) is 0 Å². The van der Waals surface area contributed by atoms with E-state index in [1.54, 1.807) is 0 Å². The first-order chi connectivity index (χ1) is 27.3. The summed E-state index contributed by atoms with van der Waals surface area (Å²) in [7, 11) is 0. The zero-order valence-electron chi connectivity index (χ0n) is 29.5. The fraction of sp³-hybridized carbons (Fsp3) is 0. The molecule has 0 spiro atoms. The van der Waals surface area contributed by atoms with Gasteiger partial charge in [-0.05, 0) is 77.9 Å². The van der Waals surface area contributed by atoms with E-state index < -0.39 is 0 Å². The van der Waals surface area contributed by atoms with Crippen LogP contribution in [-0.4, -0.2) is 19.1 Å². The van der Waals surface area contributed by atoms with Gasteiger partial charge in [0.2, 0.25) is 5.95 Å². The Bertz CT molecular complexity index is 3480. The number of fused-ring (bicyclic) bond motifs is 11. The maximum Gasteiger partial charge on any atom is 0.235 e. The van der Waals surface area contributed by atoms with Crippen molar-refractivity contribution in [3.63, 3.8) is 0 Å². The highest BCUT2D eigenvalue weighted by Crippen LogP contribution is 2.41. The van der Waals surface area contributed by atoms with E-state index in [4.69, 9.17) is 14.4 Å². The van der Waals surface area contributed by atoms with E-state index in [0.29, 0.717) is 5.95 Å². The van der Waals surface area contributed by atoms with Gasteiger partial charge in [0.05, 0.1) is 33.3 Å². The summed E-state index contributed by atoms with van der Waals surface area (Å²) in [5.41, 5.74) is 12.5. The molecule has 8 aromatic carbocycles. The predicted octanol–water partition coefficient (Wildman–Crippen LogP) is 13.1. The molecule has 0 aliphatic heterocycles. The van der Waals surface area contributed by atoms with Crippen LogP contribution in [0.25, 0.3) is 110 Å². The maximum absolute atomic E-state index is 6.32. The molecule has 0 aliphatic rings. The Morgan fingerprint density at radius 1 is 0.364 bits per heavy atom. The summed E-state index contributed by atoms with van der Waals surface area (Å²) in [6.07, 6.45) is 0. The van der Waals surface area contributed by atoms with Crippen molar-refractivity contribution in [1.82, 2.24) is 19.1 Å². The normalized spacial score (nSPS) is 12.0. The number of hydrogen-bond donors (Lipinski definition) is 0. The van der Waals surface area contributed by atoms with Gasteiger partial charge in [-0.3, -0.25) is 4.57 Å². The molecule has 0 saturated heterocycles. The lowest BCUT2D eigenvalue weighted by atomic mass is 10.0. The molecular weight excluding hydrogens is 673 g/mol. The molecule has 0 amide bonds. The van der Waals surface area contributed by atoms with Gasteiger partial charge in [-0.15, -0.1) is 0 Å². The van der Waals surface area contributed by atoms with Crippen LogP contribution in [0.1, 0.15) is 0 Å². The van der Waals surface area contributed by atoms with E-state index in [2.05, 4.69) is 167 Å². The second-order valence-corrected chi connectivity index (χ2v) is 14.2. The summed E-state index contributed by atoms with van der Waals surface area (Å²) in [5, 5.41) is 7.87. The molecule has 12 aromatic rings. The highest BCUT2D eigenvalue weighted by molar-refractivity contribution is 6.22. The molecule has 4 heterocycles. The number of rotatable bonds is 4. The first-order valence-corrected chi connectivity index (χ1v) is 18.6. The van der Waals surface area contributed by atoms with Crippen LogP contribution in [-0.2, 0) is 0 Å². The van der Waals surface area contributed by atoms with Crippen molar-refractivity contribution in [3.05, 3.63) is 182 Å². The van der Waals surface area contributed by atoms with Crippen molar-refractivity contribution in [2.24, 2.45) is 0 Å². The average molecular weight is 703 g/mol. The molecule has 0 fully saturated rings. The molecule has 0 radical (unpaired) electrons. The lowest BCUT2D eigenvalue weighted by Gasteiger charge is -2.13. The Balaban J connectivity index is 1.08. The van der Waals surface area contributed by atoms with Crippen LogP contribution in [0.4, 0.5) is 0 Å². The van der Waals surface area contributed by atoms with Crippen LogP contribution in [0.5, 0.6) is 0 Å². The van der Waals surface area contributed by atoms with Crippen LogP contribution in [0.15, 0.2) is 186 Å². The number of aromatic nitrogens is 4. The highest BCUT2D eigenvalue weighted by atomic mass is 16.3. The largest absolute Gasteiger partial charge is 0.456 e. The molecule has 12 rings (SSSR count). The summed E-state index contributed by atoms with van der Waals surface area (Å²) in [6.45, 7) is 0. The zero-order chi connectivity index (χ0) is 36.0. The Morgan fingerprint density at radius 2 is 0.927 bits per heavy atom. The third-order valence-corrected chi connectivity index (χ3v) is 11.1. The molecular formula is C50H30N4O. The first-order valence-electron chi connectivity index (χ1n) is 18.6. The highest BCUT2D eigenvalue weighted by Gasteiger charge is 2.21. The first kappa shape index (κ1) is 30.0. The van der Waals surface area contributed by atoms with Gasteiger partial charge in [0, 0.05) is 49.0 Å². The second-order valence-electron chi connectivity index (χ2n) is 14.2. The Hall–Kier alpha value is -7.50. The number of nitrogens with zero attached hydrogens (tertiary/aromatic N) is 4. The van der Waals surface area contributed by atoms with Gasteiger partial charge in [-0.1, -0.05) is 115 Å². The monoisotopic (exact) mass is 702 g/mol. The molecule has 256 valence electrons. The standard InChI is InChI=1S/C50H30N4O/c1-3-13-31(14-4-1)49-48-40(25-28-46-47(48)37-19-9-12-22-45(37)55-46)51-50(52-49)54-42-21-11-8-18-36(42)39-30-33(24-27-44(39)54)32-23-26-43-38(29-32)35-17-7-10-20-41(35)53(43)34-15-5-2-6-16-34/h1-30H.